The van der Waals surface area contributed by atoms with Gasteiger partial charge in [0.15, 0.2) is 0 Å². The molecule has 0 aliphatic carbocycles. The highest BCUT2D eigenvalue weighted by molar-refractivity contribution is 5.69. The summed E-state index contributed by atoms with van der Waals surface area (Å²) >= 11 is 0. The molecule has 4 aromatic carbocycles. The Morgan fingerprint density at radius 3 is 1.30 bits per heavy atom. The predicted octanol–water partition coefficient (Wildman–Crippen LogP) is 9.04. The fourth-order valence-electron chi connectivity index (χ4n) is 4.42. The van der Waals surface area contributed by atoms with Crippen molar-refractivity contribution in [3.05, 3.63) is 161 Å². The predicted molar refractivity (Wildman–Crippen MR) is 165 cm³/mol. The van der Waals surface area contributed by atoms with Crippen LogP contribution in [-0.2, 0) is 19.8 Å². The van der Waals surface area contributed by atoms with E-state index < -0.39 is 12.7 Å². The van der Waals surface area contributed by atoms with E-state index in [9.17, 15) is 13.2 Å². The number of halogens is 3. The summed E-state index contributed by atoms with van der Waals surface area (Å²) < 4.78 is 53.8. The summed E-state index contributed by atoms with van der Waals surface area (Å²) in [7, 11) is 0. The molecule has 0 aliphatic rings. The van der Waals surface area contributed by atoms with Crippen molar-refractivity contribution in [1.29, 1.82) is 0 Å². The van der Waals surface area contributed by atoms with E-state index >= 15 is 0 Å². The van der Waals surface area contributed by atoms with E-state index in [4.69, 9.17) is 9.47 Å². The lowest BCUT2D eigenvalue weighted by Crippen LogP contribution is -2.46. The van der Waals surface area contributed by atoms with Gasteiger partial charge >= 0.3 is 6.18 Å². The number of nitrogens with zero attached hydrogens (tertiary/aromatic N) is 1. The Morgan fingerprint density at radius 1 is 0.488 bits per heavy atom. The molecule has 0 saturated heterocycles. The fourth-order valence-corrected chi connectivity index (χ4v) is 4.42. The number of benzene rings is 4. The Morgan fingerprint density at radius 2 is 0.907 bits per heavy atom. The highest BCUT2D eigenvalue weighted by Gasteiger charge is 2.35. The summed E-state index contributed by atoms with van der Waals surface area (Å²) in [6.07, 6.45) is 2.60. The summed E-state index contributed by atoms with van der Waals surface area (Å²) in [6, 6.07) is 39.8. The van der Waals surface area contributed by atoms with Crippen molar-refractivity contribution in [3.63, 3.8) is 0 Å². The summed E-state index contributed by atoms with van der Waals surface area (Å²) in [4.78, 5) is 0. The van der Waals surface area contributed by atoms with Gasteiger partial charge in [0.05, 0.1) is 0 Å². The van der Waals surface area contributed by atoms with Crippen LogP contribution in [-0.4, -0.2) is 6.18 Å². The van der Waals surface area contributed by atoms with Crippen LogP contribution in [0.5, 0.6) is 11.5 Å². The SMILES string of the molecule is FC(F)(F)C[n+]1c(/C=C/c2ccc(OCc3ccccc3)cc2)cccc1/C=C/c1ccc(OCc2ccccc2)cc1. The first-order valence-electron chi connectivity index (χ1n) is 13.9. The molecule has 5 rings (SSSR count). The van der Waals surface area contributed by atoms with Crippen LogP contribution in [0, 0.1) is 0 Å². The maximum absolute atomic E-state index is 13.6. The van der Waals surface area contributed by atoms with Crippen LogP contribution in [0.25, 0.3) is 24.3 Å². The molecule has 0 bridgehead atoms. The number of hydrogen-bond acceptors (Lipinski definition) is 2. The van der Waals surface area contributed by atoms with Crippen LogP contribution < -0.4 is 14.0 Å². The number of ether oxygens (including phenoxy) is 2. The monoisotopic (exact) mass is 578 g/mol. The van der Waals surface area contributed by atoms with Crippen LogP contribution in [0.4, 0.5) is 13.2 Å². The third-order valence-corrected chi connectivity index (χ3v) is 6.64. The minimum absolute atomic E-state index is 0.438. The van der Waals surface area contributed by atoms with E-state index in [1.165, 1.54) is 4.57 Å². The van der Waals surface area contributed by atoms with Crippen molar-refractivity contribution in [3.8, 4) is 11.5 Å². The van der Waals surface area contributed by atoms with Gasteiger partial charge in [0.2, 0.25) is 17.9 Å². The van der Waals surface area contributed by atoms with E-state index in [1.54, 1.807) is 42.5 Å². The minimum atomic E-state index is -4.38. The minimum Gasteiger partial charge on any atom is -0.489 e. The van der Waals surface area contributed by atoms with E-state index in [0.717, 1.165) is 33.8 Å². The first kappa shape index (κ1) is 29.4. The smallest absolute Gasteiger partial charge is 0.448 e. The summed E-state index contributed by atoms with van der Waals surface area (Å²) in [5.41, 5.74) is 4.71. The van der Waals surface area contributed by atoms with Crippen molar-refractivity contribution in [2.24, 2.45) is 0 Å². The van der Waals surface area contributed by atoms with Crippen molar-refractivity contribution in [2.75, 3.05) is 0 Å². The molecule has 43 heavy (non-hydrogen) atoms. The molecule has 5 aromatic rings. The average Bonchev–Trinajstić information content (AvgIpc) is 3.03. The molecule has 0 amide bonds. The zero-order valence-electron chi connectivity index (χ0n) is 23.5. The van der Waals surface area contributed by atoms with Gasteiger partial charge in [0.1, 0.15) is 24.7 Å². The van der Waals surface area contributed by atoms with E-state index in [-0.39, 0.29) is 0 Å². The van der Waals surface area contributed by atoms with Gasteiger partial charge in [-0.3, -0.25) is 0 Å². The third-order valence-electron chi connectivity index (χ3n) is 6.64. The van der Waals surface area contributed by atoms with Crippen molar-refractivity contribution in [2.45, 2.75) is 25.9 Å². The Kier molecular flexibility index (Phi) is 9.70. The van der Waals surface area contributed by atoms with Gasteiger partial charge in [0, 0.05) is 24.3 Å². The lowest BCUT2D eigenvalue weighted by molar-refractivity contribution is -0.722. The van der Waals surface area contributed by atoms with Gasteiger partial charge in [-0.2, -0.15) is 17.7 Å². The van der Waals surface area contributed by atoms with Crippen LogP contribution >= 0.6 is 0 Å². The first-order valence-corrected chi connectivity index (χ1v) is 13.9. The highest BCUT2D eigenvalue weighted by atomic mass is 19.4. The lowest BCUT2D eigenvalue weighted by atomic mass is 10.1. The third kappa shape index (κ3) is 9.20. The van der Waals surface area contributed by atoms with Crippen molar-refractivity contribution >= 4 is 24.3 Å². The Hall–Kier alpha value is -5.10. The standard InChI is InChI=1S/C37H31F3NO2/c38-37(39,40)28-41-33(20-14-29-16-22-35(23-17-29)42-26-31-8-3-1-4-9-31)12-7-13-34(41)21-15-30-18-24-36(25-19-30)43-27-32-10-5-2-6-11-32/h1-25H,26-28H2/q+1/b20-14+,21-15+. The van der Waals surface area contributed by atoms with Gasteiger partial charge < -0.3 is 9.47 Å². The Bertz CT molecular complexity index is 1530. The fraction of sp³-hybridized carbons (Fsp3) is 0.108. The van der Waals surface area contributed by atoms with Crippen molar-refractivity contribution in [1.82, 2.24) is 0 Å². The molecule has 0 unspecified atom stereocenters. The molecular weight excluding hydrogens is 547 g/mol. The van der Waals surface area contributed by atoms with Gasteiger partial charge in [-0.25, -0.2) is 0 Å². The van der Waals surface area contributed by atoms with Crippen molar-refractivity contribution < 1.29 is 27.2 Å². The summed E-state index contributed by atoms with van der Waals surface area (Å²) in [5.74, 6) is 1.44. The molecule has 0 aliphatic heterocycles. The van der Waals surface area contributed by atoms with Gasteiger partial charge in [0.25, 0.3) is 0 Å². The molecular formula is C37H31F3NO2+. The molecule has 0 fully saturated rings. The van der Waals surface area contributed by atoms with Crippen LogP contribution in [0.1, 0.15) is 33.6 Å². The molecule has 3 nitrogen and oxygen atoms in total. The maximum atomic E-state index is 13.6. The zero-order valence-corrected chi connectivity index (χ0v) is 23.5. The molecule has 0 N–H and O–H groups in total. The quantitative estimate of drug-likeness (QED) is 0.146. The Labute approximate surface area is 249 Å². The first-order chi connectivity index (χ1) is 20.9. The van der Waals surface area contributed by atoms with E-state index in [1.807, 2.05) is 109 Å². The van der Waals surface area contributed by atoms with Crippen LogP contribution in [0.3, 0.4) is 0 Å². The maximum Gasteiger partial charge on any atom is 0.448 e. The molecule has 0 saturated carbocycles. The second-order valence-electron chi connectivity index (χ2n) is 9.93. The molecule has 1 heterocycles. The summed E-state index contributed by atoms with van der Waals surface area (Å²) in [5, 5.41) is 0. The normalized spacial score (nSPS) is 11.7. The lowest BCUT2D eigenvalue weighted by Gasteiger charge is -2.08. The summed E-state index contributed by atoms with van der Waals surface area (Å²) in [6.45, 7) is -0.189. The number of alkyl halides is 3. The zero-order chi connectivity index (χ0) is 29.9. The molecule has 0 atom stereocenters. The van der Waals surface area contributed by atoms with Gasteiger partial charge in [-0.15, -0.1) is 0 Å². The topological polar surface area (TPSA) is 22.3 Å². The molecule has 1 aromatic heterocycles. The largest absolute Gasteiger partial charge is 0.489 e. The van der Waals surface area contributed by atoms with Crippen LogP contribution in [0.2, 0.25) is 0 Å². The highest BCUT2D eigenvalue weighted by Crippen LogP contribution is 2.20. The molecule has 0 radical (unpaired) electrons. The van der Waals surface area contributed by atoms with Crippen LogP contribution in [0.15, 0.2) is 127 Å². The average molecular weight is 579 g/mol. The number of hydrogen-bond donors (Lipinski definition) is 0. The molecule has 0 spiro atoms. The van der Waals surface area contributed by atoms with Gasteiger partial charge in [-0.05, 0) is 64.7 Å². The Balaban J connectivity index is 1.27. The number of aromatic nitrogens is 1. The van der Waals surface area contributed by atoms with Gasteiger partial charge in [-0.1, -0.05) is 84.9 Å². The van der Waals surface area contributed by atoms with E-state index in [0.29, 0.717) is 24.6 Å². The number of rotatable bonds is 11. The second kappa shape index (κ2) is 14.2. The molecule has 6 heteroatoms. The molecule has 216 valence electrons. The number of pyridine rings is 1. The second-order valence-corrected chi connectivity index (χ2v) is 9.93. The van der Waals surface area contributed by atoms with E-state index in [2.05, 4.69) is 0 Å².